The lowest BCUT2D eigenvalue weighted by molar-refractivity contribution is 0.563. The third kappa shape index (κ3) is 4.25. The largest absolute Gasteiger partial charge is 0.327 e. The second kappa shape index (κ2) is 6.64. The number of nitrogens with one attached hydrogen (secondary N) is 2. The molecule has 4 N–H and O–H groups in total. The van der Waals surface area contributed by atoms with Crippen LogP contribution in [0.25, 0.3) is 0 Å². The minimum atomic E-state index is -3.68. The van der Waals surface area contributed by atoms with Crippen molar-refractivity contribution in [1.82, 2.24) is 9.44 Å². The van der Waals surface area contributed by atoms with Gasteiger partial charge in [-0.05, 0) is 37.7 Å². The molecule has 0 heterocycles. The van der Waals surface area contributed by atoms with Crippen molar-refractivity contribution in [2.24, 2.45) is 5.73 Å². The van der Waals surface area contributed by atoms with E-state index >= 15 is 0 Å². The molecule has 0 aliphatic rings. The molecule has 1 atom stereocenters. The number of benzene rings is 1. The Hall–Kier alpha value is -1.00. The molecular formula is C11H19N3O4S2. The quantitative estimate of drug-likeness (QED) is 0.632. The fraction of sp³-hybridized carbons (Fsp3) is 0.455. The summed E-state index contributed by atoms with van der Waals surface area (Å²) in [4.78, 5) is 0.0000608. The zero-order chi connectivity index (χ0) is 15.4. The molecule has 0 radical (unpaired) electrons. The highest BCUT2D eigenvalue weighted by atomic mass is 32.2. The van der Waals surface area contributed by atoms with Crippen LogP contribution in [0.4, 0.5) is 0 Å². The van der Waals surface area contributed by atoms with Gasteiger partial charge in [0.05, 0.1) is 9.79 Å². The van der Waals surface area contributed by atoms with E-state index in [1.807, 2.05) is 6.92 Å². The normalized spacial score (nSPS) is 14.2. The van der Waals surface area contributed by atoms with Gasteiger partial charge in [0.1, 0.15) is 0 Å². The molecule has 0 aliphatic carbocycles. The maximum absolute atomic E-state index is 12.0. The molecule has 1 rings (SSSR count). The van der Waals surface area contributed by atoms with E-state index < -0.39 is 20.0 Å². The van der Waals surface area contributed by atoms with Gasteiger partial charge in [0, 0.05) is 12.6 Å². The smallest absolute Gasteiger partial charge is 0.240 e. The van der Waals surface area contributed by atoms with Crippen molar-refractivity contribution >= 4 is 20.0 Å². The number of nitrogens with two attached hydrogens (primary N) is 1. The molecule has 20 heavy (non-hydrogen) atoms. The Labute approximate surface area is 119 Å². The zero-order valence-electron chi connectivity index (χ0n) is 11.3. The summed E-state index contributed by atoms with van der Waals surface area (Å²) in [7, 11) is -5.97. The second-order valence-electron chi connectivity index (χ2n) is 4.20. The monoisotopic (exact) mass is 321 g/mol. The van der Waals surface area contributed by atoms with Gasteiger partial charge in [-0.25, -0.2) is 26.3 Å². The van der Waals surface area contributed by atoms with Crippen LogP contribution in [-0.4, -0.2) is 36.5 Å². The van der Waals surface area contributed by atoms with Crippen molar-refractivity contribution in [3.05, 3.63) is 24.3 Å². The molecular weight excluding hydrogens is 302 g/mol. The highest BCUT2D eigenvalue weighted by molar-refractivity contribution is 7.90. The van der Waals surface area contributed by atoms with Crippen LogP contribution in [0.3, 0.4) is 0 Å². The van der Waals surface area contributed by atoms with Crippen LogP contribution in [0.1, 0.15) is 13.3 Å². The highest BCUT2D eigenvalue weighted by Gasteiger charge is 2.17. The van der Waals surface area contributed by atoms with E-state index in [2.05, 4.69) is 9.44 Å². The first-order valence-electron chi connectivity index (χ1n) is 6.02. The van der Waals surface area contributed by atoms with Crippen molar-refractivity contribution in [2.45, 2.75) is 29.2 Å². The minimum Gasteiger partial charge on any atom is -0.327 e. The van der Waals surface area contributed by atoms with E-state index in [0.29, 0.717) is 6.42 Å². The Bertz CT molecular complexity index is 639. The Kier molecular flexibility index (Phi) is 5.66. The standard InChI is InChI=1S/C11H19N3O4S2/c1-3-9(12)8-14-20(17,18)11-6-4-10(5-7-11)19(15,16)13-2/h4-7,9,13-14H,3,8,12H2,1-2H3. The van der Waals surface area contributed by atoms with Crippen molar-refractivity contribution in [2.75, 3.05) is 13.6 Å². The lowest BCUT2D eigenvalue weighted by atomic mass is 10.2. The lowest BCUT2D eigenvalue weighted by Crippen LogP contribution is -2.36. The first kappa shape index (κ1) is 17.1. The van der Waals surface area contributed by atoms with E-state index in [0.717, 1.165) is 0 Å². The molecule has 114 valence electrons. The summed E-state index contributed by atoms with van der Waals surface area (Å²) in [5.74, 6) is 0. The van der Waals surface area contributed by atoms with Crippen LogP contribution in [0.5, 0.6) is 0 Å². The van der Waals surface area contributed by atoms with E-state index in [1.54, 1.807) is 0 Å². The average molecular weight is 321 g/mol. The molecule has 0 fully saturated rings. The molecule has 1 unspecified atom stereocenters. The van der Waals surface area contributed by atoms with E-state index in [1.165, 1.54) is 31.3 Å². The summed E-state index contributed by atoms with van der Waals surface area (Å²) < 4.78 is 51.5. The van der Waals surface area contributed by atoms with Gasteiger partial charge in [-0.1, -0.05) is 6.92 Å². The molecule has 7 nitrogen and oxygen atoms in total. The number of sulfonamides is 2. The number of hydrogen-bond acceptors (Lipinski definition) is 5. The third-order valence-corrected chi connectivity index (χ3v) is 5.64. The van der Waals surface area contributed by atoms with Crippen LogP contribution >= 0.6 is 0 Å². The predicted octanol–water partition coefficient (Wildman–Crippen LogP) is -0.390. The first-order chi connectivity index (χ1) is 9.23. The molecule has 0 aromatic heterocycles. The van der Waals surface area contributed by atoms with Crippen LogP contribution in [0, 0.1) is 0 Å². The number of hydrogen-bond donors (Lipinski definition) is 3. The summed E-state index contributed by atoms with van der Waals surface area (Å²) in [5.41, 5.74) is 5.64. The molecule has 9 heteroatoms. The predicted molar refractivity (Wildman–Crippen MR) is 76.1 cm³/mol. The van der Waals surface area contributed by atoms with E-state index in [-0.39, 0.29) is 22.4 Å². The first-order valence-corrected chi connectivity index (χ1v) is 8.98. The van der Waals surface area contributed by atoms with Crippen LogP contribution < -0.4 is 15.2 Å². The SMILES string of the molecule is CCC(N)CNS(=O)(=O)c1ccc(S(=O)(=O)NC)cc1. The molecule has 1 aromatic rings. The Morgan fingerprint density at radius 1 is 1.05 bits per heavy atom. The fourth-order valence-corrected chi connectivity index (χ4v) is 3.18. The Morgan fingerprint density at radius 2 is 1.50 bits per heavy atom. The van der Waals surface area contributed by atoms with E-state index in [4.69, 9.17) is 5.73 Å². The molecule has 1 aromatic carbocycles. The number of rotatable bonds is 7. The average Bonchev–Trinajstić information content (AvgIpc) is 2.45. The van der Waals surface area contributed by atoms with Gasteiger partial charge in [-0.3, -0.25) is 0 Å². The summed E-state index contributed by atoms with van der Waals surface area (Å²) in [6.45, 7) is 1.99. The molecule has 0 saturated heterocycles. The van der Waals surface area contributed by atoms with E-state index in [9.17, 15) is 16.8 Å². The summed E-state index contributed by atoms with van der Waals surface area (Å²) in [5, 5.41) is 0. The summed E-state index contributed by atoms with van der Waals surface area (Å²) >= 11 is 0. The Morgan fingerprint density at radius 3 is 1.90 bits per heavy atom. The van der Waals surface area contributed by atoms with Crippen molar-refractivity contribution < 1.29 is 16.8 Å². The molecule has 0 amide bonds. The van der Waals surface area contributed by atoms with Gasteiger partial charge >= 0.3 is 0 Å². The molecule has 0 saturated carbocycles. The minimum absolute atomic E-state index is 0.00384. The van der Waals surface area contributed by atoms with Gasteiger partial charge in [0.2, 0.25) is 20.0 Å². The van der Waals surface area contributed by atoms with Crippen molar-refractivity contribution in [3.63, 3.8) is 0 Å². The van der Waals surface area contributed by atoms with Crippen LogP contribution in [0.2, 0.25) is 0 Å². The third-order valence-electron chi connectivity index (χ3n) is 2.77. The summed E-state index contributed by atoms with van der Waals surface area (Å²) in [6, 6.07) is 4.70. The maximum Gasteiger partial charge on any atom is 0.240 e. The lowest BCUT2D eigenvalue weighted by Gasteiger charge is -2.11. The summed E-state index contributed by atoms with van der Waals surface area (Å²) in [6.07, 6.45) is 0.655. The van der Waals surface area contributed by atoms with Gasteiger partial charge in [0.15, 0.2) is 0 Å². The zero-order valence-corrected chi connectivity index (χ0v) is 13.0. The maximum atomic E-state index is 12.0. The molecule has 0 spiro atoms. The second-order valence-corrected chi connectivity index (χ2v) is 7.85. The van der Waals surface area contributed by atoms with Gasteiger partial charge in [-0.2, -0.15) is 0 Å². The van der Waals surface area contributed by atoms with Gasteiger partial charge in [0.25, 0.3) is 0 Å². The van der Waals surface area contributed by atoms with Crippen LogP contribution in [0.15, 0.2) is 34.1 Å². The van der Waals surface area contributed by atoms with Crippen molar-refractivity contribution in [3.8, 4) is 0 Å². The van der Waals surface area contributed by atoms with Crippen LogP contribution in [-0.2, 0) is 20.0 Å². The topological polar surface area (TPSA) is 118 Å². The molecule has 0 aliphatic heterocycles. The van der Waals surface area contributed by atoms with Gasteiger partial charge < -0.3 is 5.73 Å². The fourth-order valence-electron chi connectivity index (χ4n) is 1.36. The highest BCUT2D eigenvalue weighted by Crippen LogP contribution is 2.14. The van der Waals surface area contributed by atoms with Crippen molar-refractivity contribution in [1.29, 1.82) is 0 Å². The van der Waals surface area contributed by atoms with Gasteiger partial charge in [-0.15, -0.1) is 0 Å². The Balaban J connectivity index is 2.93. The molecule has 0 bridgehead atoms.